The van der Waals surface area contributed by atoms with E-state index in [0.717, 1.165) is 16.5 Å². The number of rotatable bonds is 6. The molecular weight excluding hydrogens is 450 g/mol. The van der Waals surface area contributed by atoms with Crippen molar-refractivity contribution in [2.45, 2.75) is 33.1 Å². The summed E-state index contributed by atoms with van der Waals surface area (Å²) in [5.74, 6) is 0.846. The van der Waals surface area contributed by atoms with E-state index in [1.54, 1.807) is 12.1 Å². The Morgan fingerprint density at radius 3 is 2.56 bits per heavy atom. The van der Waals surface area contributed by atoms with Crippen molar-refractivity contribution in [1.82, 2.24) is 0 Å². The van der Waals surface area contributed by atoms with Crippen LogP contribution in [0.25, 0.3) is 0 Å². The van der Waals surface area contributed by atoms with Gasteiger partial charge in [-0.15, -0.1) is 0 Å². The number of benzene rings is 2. The number of hydrogen-bond acceptors (Lipinski definition) is 4. The van der Waals surface area contributed by atoms with Crippen molar-refractivity contribution in [3.05, 3.63) is 44.3 Å². The molecule has 0 unspecified atom stereocenters. The molecule has 0 fully saturated rings. The molecule has 2 N–H and O–H groups in total. The standard InChI is InChI=1S/C19H21Br2NO3/c1-4-11(3)12-6-7-16(23)15(8-12)22-10-13-18(21)14(20)9-17(19(13)24)25-5-2/h6-11,23-24H,4-5H2,1-3H3/t11-/m0/s1. The van der Waals surface area contributed by atoms with Crippen LogP contribution < -0.4 is 4.74 Å². The normalized spacial score (nSPS) is 12.5. The lowest BCUT2D eigenvalue weighted by Crippen LogP contribution is -1.96. The molecule has 4 nitrogen and oxygen atoms in total. The minimum absolute atomic E-state index is 0.00162. The van der Waals surface area contributed by atoms with E-state index in [9.17, 15) is 10.2 Å². The molecule has 0 heterocycles. The molecule has 0 radical (unpaired) electrons. The second-order valence-electron chi connectivity index (χ2n) is 5.68. The molecule has 0 bridgehead atoms. The molecule has 0 amide bonds. The lowest BCUT2D eigenvalue weighted by atomic mass is 9.98. The predicted octanol–water partition coefficient (Wildman–Crippen LogP) is 6.29. The molecule has 2 aromatic carbocycles. The van der Waals surface area contributed by atoms with Gasteiger partial charge >= 0.3 is 0 Å². The van der Waals surface area contributed by atoms with E-state index in [1.807, 2.05) is 19.1 Å². The summed E-state index contributed by atoms with van der Waals surface area (Å²) in [6.45, 7) is 6.54. The lowest BCUT2D eigenvalue weighted by molar-refractivity contribution is 0.317. The fourth-order valence-corrected chi connectivity index (χ4v) is 3.14. The van der Waals surface area contributed by atoms with Gasteiger partial charge in [-0.2, -0.15) is 0 Å². The second kappa shape index (κ2) is 8.72. The first-order valence-corrected chi connectivity index (χ1v) is 9.68. The fraction of sp³-hybridized carbons (Fsp3) is 0.316. The predicted molar refractivity (Wildman–Crippen MR) is 109 cm³/mol. The van der Waals surface area contributed by atoms with Crippen LogP contribution in [0.5, 0.6) is 17.2 Å². The van der Waals surface area contributed by atoms with Gasteiger partial charge in [0.15, 0.2) is 11.5 Å². The summed E-state index contributed by atoms with van der Waals surface area (Å²) >= 11 is 6.87. The van der Waals surface area contributed by atoms with Crippen molar-refractivity contribution in [3.8, 4) is 17.2 Å². The molecular formula is C19H21Br2NO3. The zero-order valence-electron chi connectivity index (χ0n) is 14.4. The van der Waals surface area contributed by atoms with Gasteiger partial charge in [0.05, 0.1) is 12.2 Å². The Bertz CT molecular complexity index is 791. The number of aliphatic imine (C=N–C) groups is 1. The molecule has 6 heteroatoms. The third-order valence-electron chi connectivity index (χ3n) is 4.01. The third kappa shape index (κ3) is 4.55. The van der Waals surface area contributed by atoms with Gasteiger partial charge in [-0.1, -0.05) is 19.9 Å². The highest BCUT2D eigenvalue weighted by atomic mass is 79.9. The number of phenols is 2. The maximum Gasteiger partial charge on any atom is 0.167 e. The quantitative estimate of drug-likeness (QED) is 0.488. The number of phenolic OH excluding ortho intramolecular Hbond substituents is 2. The molecule has 0 aliphatic rings. The zero-order chi connectivity index (χ0) is 18.6. The van der Waals surface area contributed by atoms with Crippen LogP contribution in [-0.2, 0) is 0 Å². The van der Waals surface area contributed by atoms with Gasteiger partial charge in [-0.25, -0.2) is 0 Å². The maximum atomic E-state index is 10.4. The van der Waals surface area contributed by atoms with E-state index in [0.29, 0.717) is 34.0 Å². The average molecular weight is 471 g/mol. The Morgan fingerprint density at radius 2 is 1.92 bits per heavy atom. The Hall–Kier alpha value is -1.53. The minimum Gasteiger partial charge on any atom is -0.506 e. The van der Waals surface area contributed by atoms with Crippen LogP contribution in [0.15, 0.2) is 38.2 Å². The summed E-state index contributed by atoms with van der Waals surface area (Å²) in [4.78, 5) is 4.38. The molecule has 134 valence electrons. The van der Waals surface area contributed by atoms with Gasteiger partial charge in [0.1, 0.15) is 11.4 Å². The van der Waals surface area contributed by atoms with E-state index >= 15 is 0 Å². The molecule has 0 aliphatic carbocycles. The number of nitrogens with zero attached hydrogens (tertiary/aromatic N) is 1. The monoisotopic (exact) mass is 469 g/mol. The van der Waals surface area contributed by atoms with E-state index in [2.05, 4.69) is 50.7 Å². The highest BCUT2D eigenvalue weighted by Crippen LogP contribution is 2.40. The average Bonchev–Trinajstić information content (AvgIpc) is 2.60. The van der Waals surface area contributed by atoms with Gasteiger partial charge in [-0.05, 0) is 74.9 Å². The van der Waals surface area contributed by atoms with Gasteiger partial charge in [-0.3, -0.25) is 4.99 Å². The molecule has 0 saturated heterocycles. The third-order valence-corrected chi connectivity index (χ3v) is 6.02. The number of halogens is 2. The highest BCUT2D eigenvalue weighted by molar-refractivity contribution is 9.13. The number of ether oxygens (including phenoxy) is 1. The minimum atomic E-state index is -0.00162. The van der Waals surface area contributed by atoms with Crippen molar-refractivity contribution in [1.29, 1.82) is 0 Å². The zero-order valence-corrected chi connectivity index (χ0v) is 17.6. The van der Waals surface area contributed by atoms with Crippen LogP contribution in [-0.4, -0.2) is 23.0 Å². The Labute approximate surface area is 164 Å². The van der Waals surface area contributed by atoms with Gasteiger partial charge in [0.25, 0.3) is 0 Å². The van der Waals surface area contributed by atoms with E-state index in [-0.39, 0.29) is 11.5 Å². The van der Waals surface area contributed by atoms with Crippen LogP contribution in [0, 0.1) is 0 Å². The van der Waals surface area contributed by atoms with Crippen molar-refractivity contribution >= 4 is 43.8 Å². The van der Waals surface area contributed by atoms with Crippen LogP contribution >= 0.6 is 31.9 Å². The van der Waals surface area contributed by atoms with Gasteiger partial charge < -0.3 is 14.9 Å². The van der Waals surface area contributed by atoms with E-state index < -0.39 is 0 Å². The Morgan fingerprint density at radius 1 is 1.20 bits per heavy atom. The maximum absolute atomic E-state index is 10.4. The second-order valence-corrected chi connectivity index (χ2v) is 7.33. The Kier molecular flexibility index (Phi) is 6.90. The molecule has 2 rings (SSSR count). The topological polar surface area (TPSA) is 62.0 Å². The van der Waals surface area contributed by atoms with Gasteiger partial charge in [0.2, 0.25) is 0 Å². The van der Waals surface area contributed by atoms with Crippen LogP contribution in [0.3, 0.4) is 0 Å². The molecule has 0 aliphatic heterocycles. The van der Waals surface area contributed by atoms with Crippen molar-refractivity contribution < 1.29 is 14.9 Å². The smallest absolute Gasteiger partial charge is 0.167 e. The summed E-state index contributed by atoms with van der Waals surface area (Å²) in [5.41, 5.74) is 2.05. The highest BCUT2D eigenvalue weighted by Gasteiger charge is 2.15. The summed E-state index contributed by atoms with van der Waals surface area (Å²) < 4.78 is 6.85. The molecule has 0 aromatic heterocycles. The molecule has 2 aromatic rings. The van der Waals surface area contributed by atoms with Crippen LogP contribution in [0.2, 0.25) is 0 Å². The fourth-order valence-electron chi connectivity index (χ4n) is 2.32. The summed E-state index contributed by atoms with van der Waals surface area (Å²) in [6.07, 6.45) is 2.52. The molecule has 1 atom stereocenters. The van der Waals surface area contributed by atoms with Crippen molar-refractivity contribution in [3.63, 3.8) is 0 Å². The Balaban J connectivity index is 2.46. The largest absolute Gasteiger partial charge is 0.506 e. The first kappa shape index (κ1) is 19.8. The van der Waals surface area contributed by atoms with E-state index in [1.165, 1.54) is 6.21 Å². The first-order chi connectivity index (χ1) is 11.9. The molecule has 25 heavy (non-hydrogen) atoms. The van der Waals surface area contributed by atoms with Crippen LogP contribution in [0.1, 0.15) is 44.2 Å². The SMILES string of the molecule is CCOc1cc(Br)c(Br)c(C=Nc2cc([C@@H](C)CC)ccc2O)c1O. The number of aromatic hydroxyl groups is 2. The molecule has 0 spiro atoms. The summed E-state index contributed by atoms with van der Waals surface area (Å²) in [5, 5.41) is 20.5. The summed E-state index contributed by atoms with van der Waals surface area (Å²) in [7, 11) is 0. The van der Waals surface area contributed by atoms with Crippen molar-refractivity contribution in [2.75, 3.05) is 6.61 Å². The van der Waals surface area contributed by atoms with Crippen LogP contribution in [0.4, 0.5) is 5.69 Å². The van der Waals surface area contributed by atoms with Gasteiger partial charge in [0, 0.05) is 15.2 Å². The van der Waals surface area contributed by atoms with E-state index in [4.69, 9.17) is 4.74 Å². The first-order valence-electron chi connectivity index (χ1n) is 8.09. The summed E-state index contributed by atoms with van der Waals surface area (Å²) in [6, 6.07) is 7.12. The lowest BCUT2D eigenvalue weighted by Gasteiger charge is -2.12. The molecule has 0 saturated carbocycles. The number of hydrogen-bond donors (Lipinski definition) is 2. The van der Waals surface area contributed by atoms with Crippen molar-refractivity contribution in [2.24, 2.45) is 4.99 Å².